The summed E-state index contributed by atoms with van der Waals surface area (Å²) in [5.41, 5.74) is 0.892. The van der Waals surface area contributed by atoms with Gasteiger partial charge in [-0.15, -0.1) is 0 Å². The van der Waals surface area contributed by atoms with Crippen molar-refractivity contribution < 1.29 is 13.2 Å². The van der Waals surface area contributed by atoms with Crippen LogP contribution in [0, 0.1) is 0 Å². The summed E-state index contributed by atoms with van der Waals surface area (Å²) in [6.45, 7) is 3.19. The summed E-state index contributed by atoms with van der Waals surface area (Å²) in [5.74, 6) is 1.70. The van der Waals surface area contributed by atoms with Crippen molar-refractivity contribution >= 4 is 10.0 Å². The third-order valence-corrected chi connectivity index (χ3v) is 6.79. The van der Waals surface area contributed by atoms with Gasteiger partial charge in [-0.3, -0.25) is 0 Å². The van der Waals surface area contributed by atoms with E-state index >= 15 is 0 Å². The molecule has 1 aromatic carbocycles. The quantitative estimate of drug-likeness (QED) is 0.799. The highest BCUT2D eigenvalue weighted by atomic mass is 32.2. The number of piperidine rings is 1. The number of rotatable bonds is 6. The lowest BCUT2D eigenvalue weighted by molar-refractivity contribution is 0.114. The van der Waals surface area contributed by atoms with Gasteiger partial charge in [0.25, 0.3) is 10.0 Å². The molecule has 2 aliphatic rings. The third kappa shape index (κ3) is 4.56. The molecule has 1 N–H and O–H groups in total. The zero-order chi connectivity index (χ0) is 19.6. The predicted molar refractivity (Wildman–Crippen MR) is 107 cm³/mol. The Kier molecular flexibility index (Phi) is 5.70. The Morgan fingerprint density at radius 1 is 1.14 bits per heavy atom. The molecule has 1 fully saturated rings. The highest BCUT2D eigenvalue weighted by Crippen LogP contribution is 2.20. The van der Waals surface area contributed by atoms with E-state index in [1.807, 2.05) is 28.8 Å². The minimum atomic E-state index is -3.61. The molecular weight excluding hydrogens is 376 g/mol. The molecule has 0 atom stereocenters. The summed E-state index contributed by atoms with van der Waals surface area (Å²) in [5, 5.41) is 0.117. The van der Waals surface area contributed by atoms with Crippen LogP contribution in [-0.4, -0.2) is 49.1 Å². The molecule has 152 valence electrons. The molecule has 1 aromatic heterocycles. The van der Waals surface area contributed by atoms with Crippen LogP contribution in [0.2, 0.25) is 0 Å². The van der Waals surface area contributed by atoms with E-state index in [1.54, 1.807) is 6.20 Å². The van der Waals surface area contributed by atoms with E-state index in [-0.39, 0.29) is 17.7 Å². The Bertz CT molecular complexity index is 877. The molecule has 28 heavy (non-hydrogen) atoms. The number of hydrogen-bond donors (Lipinski definition) is 1. The first-order valence-corrected chi connectivity index (χ1v) is 11.5. The summed E-state index contributed by atoms with van der Waals surface area (Å²) >= 11 is 0. The van der Waals surface area contributed by atoms with Crippen LogP contribution in [0.5, 0.6) is 5.75 Å². The Labute approximate surface area is 166 Å². The van der Waals surface area contributed by atoms with Gasteiger partial charge in [-0.25, -0.2) is 18.1 Å². The van der Waals surface area contributed by atoms with Crippen molar-refractivity contribution in [2.24, 2.45) is 0 Å². The average Bonchev–Trinajstić information content (AvgIpc) is 3.15. The largest absolute Gasteiger partial charge is 0.490 e. The van der Waals surface area contributed by atoms with Gasteiger partial charge in [-0.1, -0.05) is 12.1 Å². The Balaban J connectivity index is 1.33. The van der Waals surface area contributed by atoms with Crippen molar-refractivity contribution in [1.82, 2.24) is 19.2 Å². The SMILES string of the molecule is CN1CCC(Oc2ccc(CNS(=O)(=O)c3cn4c(n3)CCCC4)cc2)CC1. The second kappa shape index (κ2) is 8.23. The van der Waals surface area contributed by atoms with Crippen molar-refractivity contribution in [3.05, 3.63) is 41.9 Å². The third-order valence-electron chi connectivity index (χ3n) is 5.52. The molecule has 1 saturated heterocycles. The smallest absolute Gasteiger partial charge is 0.259 e. The average molecular weight is 405 g/mol. The van der Waals surface area contributed by atoms with Crippen molar-refractivity contribution in [1.29, 1.82) is 0 Å². The number of aryl methyl sites for hydroxylation is 2. The summed E-state index contributed by atoms with van der Waals surface area (Å²) in [4.78, 5) is 6.62. The lowest BCUT2D eigenvalue weighted by Gasteiger charge is -2.29. The molecule has 0 saturated carbocycles. The number of likely N-dealkylation sites (tertiary alicyclic amines) is 1. The molecule has 4 rings (SSSR count). The van der Waals surface area contributed by atoms with Crippen LogP contribution >= 0.6 is 0 Å². The zero-order valence-electron chi connectivity index (χ0n) is 16.3. The van der Waals surface area contributed by atoms with Gasteiger partial charge in [0.2, 0.25) is 0 Å². The highest BCUT2D eigenvalue weighted by Gasteiger charge is 2.22. The normalized spacial score (nSPS) is 18.8. The van der Waals surface area contributed by atoms with Gasteiger partial charge in [0, 0.05) is 38.8 Å². The zero-order valence-corrected chi connectivity index (χ0v) is 17.1. The number of ether oxygens (including phenoxy) is 1. The lowest BCUT2D eigenvalue weighted by atomic mass is 10.1. The second-order valence-electron chi connectivity index (χ2n) is 7.73. The fraction of sp³-hybridized carbons (Fsp3) is 0.550. The Morgan fingerprint density at radius 3 is 2.61 bits per heavy atom. The van der Waals surface area contributed by atoms with Crippen LogP contribution in [0.15, 0.2) is 35.5 Å². The first-order valence-electron chi connectivity index (χ1n) is 9.99. The summed E-state index contributed by atoms with van der Waals surface area (Å²) in [7, 11) is -1.48. The van der Waals surface area contributed by atoms with E-state index in [2.05, 4.69) is 21.7 Å². The summed E-state index contributed by atoms with van der Waals surface area (Å²) in [6, 6.07) is 7.64. The molecule has 2 aliphatic heterocycles. The number of hydrogen-bond acceptors (Lipinski definition) is 5. The fourth-order valence-electron chi connectivity index (χ4n) is 3.75. The molecule has 0 radical (unpaired) electrons. The minimum Gasteiger partial charge on any atom is -0.490 e. The van der Waals surface area contributed by atoms with E-state index in [4.69, 9.17) is 4.74 Å². The molecule has 2 aromatic rings. The molecule has 0 amide bonds. The van der Waals surface area contributed by atoms with Gasteiger partial charge in [0.1, 0.15) is 17.7 Å². The number of sulfonamides is 1. The molecule has 0 unspecified atom stereocenters. The fourth-order valence-corrected chi connectivity index (χ4v) is 4.75. The van der Waals surface area contributed by atoms with E-state index in [9.17, 15) is 8.42 Å². The number of fused-ring (bicyclic) bond motifs is 1. The highest BCUT2D eigenvalue weighted by molar-refractivity contribution is 7.89. The maximum Gasteiger partial charge on any atom is 0.259 e. The second-order valence-corrected chi connectivity index (χ2v) is 9.45. The first kappa shape index (κ1) is 19.4. The summed E-state index contributed by atoms with van der Waals surface area (Å²) < 4.78 is 35.8. The molecule has 0 aliphatic carbocycles. The van der Waals surface area contributed by atoms with Crippen LogP contribution in [0.25, 0.3) is 0 Å². The van der Waals surface area contributed by atoms with Gasteiger partial charge in [-0.2, -0.15) is 0 Å². The first-order chi connectivity index (χ1) is 13.5. The van der Waals surface area contributed by atoms with Crippen LogP contribution < -0.4 is 9.46 Å². The molecular formula is C20H28N4O3S. The maximum absolute atomic E-state index is 12.6. The topological polar surface area (TPSA) is 76.5 Å². The van der Waals surface area contributed by atoms with Crippen molar-refractivity contribution in [2.75, 3.05) is 20.1 Å². The Morgan fingerprint density at radius 2 is 1.89 bits per heavy atom. The maximum atomic E-state index is 12.6. The molecule has 0 spiro atoms. The van der Waals surface area contributed by atoms with E-state index in [1.165, 1.54) is 0 Å². The van der Waals surface area contributed by atoms with Crippen molar-refractivity contribution in [2.45, 2.75) is 56.3 Å². The molecule has 3 heterocycles. The standard InChI is InChI=1S/C20H28N4O3S/c1-23-12-9-18(10-13-23)27-17-7-5-16(6-8-17)14-21-28(25,26)20-15-24-11-3-2-4-19(24)22-20/h5-8,15,18,21H,2-4,9-14H2,1H3. The van der Waals surface area contributed by atoms with Crippen LogP contribution in [-0.2, 0) is 29.5 Å². The van der Waals surface area contributed by atoms with Gasteiger partial charge in [0.15, 0.2) is 5.03 Å². The predicted octanol–water partition coefficient (Wildman–Crippen LogP) is 2.17. The minimum absolute atomic E-state index is 0.117. The van der Waals surface area contributed by atoms with E-state index < -0.39 is 10.0 Å². The van der Waals surface area contributed by atoms with Crippen LogP contribution in [0.3, 0.4) is 0 Å². The number of aromatic nitrogens is 2. The van der Waals surface area contributed by atoms with Crippen LogP contribution in [0.1, 0.15) is 37.1 Å². The molecule has 8 heteroatoms. The molecule has 7 nitrogen and oxygen atoms in total. The van der Waals surface area contributed by atoms with Gasteiger partial charge in [0.05, 0.1) is 0 Å². The van der Waals surface area contributed by atoms with Gasteiger partial charge >= 0.3 is 0 Å². The monoisotopic (exact) mass is 404 g/mol. The number of imidazole rings is 1. The number of benzene rings is 1. The Hall–Kier alpha value is -1.90. The number of nitrogens with zero attached hydrogens (tertiary/aromatic N) is 3. The van der Waals surface area contributed by atoms with Crippen molar-refractivity contribution in [3.8, 4) is 5.75 Å². The van der Waals surface area contributed by atoms with E-state index in [0.29, 0.717) is 0 Å². The van der Waals surface area contributed by atoms with Crippen LogP contribution in [0.4, 0.5) is 0 Å². The van der Waals surface area contributed by atoms with E-state index in [0.717, 1.165) is 68.9 Å². The molecule has 0 bridgehead atoms. The number of nitrogens with one attached hydrogen (secondary N) is 1. The van der Waals surface area contributed by atoms with Gasteiger partial charge in [-0.05, 0) is 50.4 Å². The van der Waals surface area contributed by atoms with Gasteiger partial charge < -0.3 is 14.2 Å². The lowest BCUT2D eigenvalue weighted by Crippen LogP contribution is -2.35. The van der Waals surface area contributed by atoms with Crippen molar-refractivity contribution in [3.63, 3.8) is 0 Å². The summed E-state index contributed by atoms with van der Waals surface area (Å²) in [6.07, 6.45) is 6.95.